The summed E-state index contributed by atoms with van der Waals surface area (Å²) >= 11 is 1.52. The Morgan fingerprint density at radius 3 is 2.52 bits per heavy atom. The molecule has 0 bridgehead atoms. The molecule has 0 saturated carbocycles. The first-order chi connectivity index (χ1) is 10.3. The summed E-state index contributed by atoms with van der Waals surface area (Å²) in [7, 11) is 1.63. The van der Waals surface area contributed by atoms with Gasteiger partial charge in [-0.05, 0) is 35.2 Å². The second-order valence-electron chi connectivity index (χ2n) is 4.30. The Morgan fingerprint density at radius 1 is 1.14 bits per heavy atom. The molecular formula is C17H17NO2S. The van der Waals surface area contributed by atoms with E-state index in [1.54, 1.807) is 18.6 Å². The molecule has 2 aromatic rings. The maximum atomic E-state index is 11.7. The van der Waals surface area contributed by atoms with Gasteiger partial charge in [-0.2, -0.15) is 0 Å². The second kappa shape index (κ2) is 8.17. The third-order valence-electron chi connectivity index (χ3n) is 2.79. The topological polar surface area (TPSA) is 38.3 Å². The Hall–Kier alpha value is -2.20. The molecule has 3 nitrogen and oxygen atoms in total. The van der Waals surface area contributed by atoms with E-state index in [9.17, 15) is 4.79 Å². The third kappa shape index (κ3) is 5.36. The average Bonchev–Trinajstić information content (AvgIpc) is 2.54. The number of hydrogen-bond donors (Lipinski definition) is 1. The lowest BCUT2D eigenvalue weighted by molar-refractivity contribution is -0.116. The van der Waals surface area contributed by atoms with Crippen LogP contribution in [-0.2, 0) is 11.3 Å². The van der Waals surface area contributed by atoms with Crippen molar-refractivity contribution in [3.8, 4) is 5.75 Å². The van der Waals surface area contributed by atoms with Crippen LogP contribution in [0, 0.1) is 0 Å². The second-order valence-corrected chi connectivity index (χ2v) is 5.28. The number of thioether (sulfide) groups is 1. The number of carbonyl (C=O) groups is 1. The molecule has 0 saturated heterocycles. The Balaban J connectivity index is 1.76. The van der Waals surface area contributed by atoms with Gasteiger partial charge in [0, 0.05) is 17.5 Å². The van der Waals surface area contributed by atoms with Gasteiger partial charge in [0.15, 0.2) is 0 Å². The summed E-state index contributed by atoms with van der Waals surface area (Å²) in [4.78, 5) is 12.8. The Morgan fingerprint density at radius 2 is 1.86 bits per heavy atom. The summed E-state index contributed by atoms with van der Waals surface area (Å²) in [5.74, 6) is 0.707. The highest BCUT2D eigenvalue weighted by Crippen LogP contribution is 2.17. The van der Waals surface area contributed by atoms with Crippen LogP contribution in [-0.4, -0.2) is 13.0 Å². The van der Waals surface area contributed by atoms with Crippen molar-refractivity contribution in [3.05, 3.63) is 71.6 Å². The molecule has 0 unspecified atom stereocenters. The van der Waals surface area contributed by atoms with Crippen LogP contribution in [0.4, 0.5) is 0 Å². The number of amides is 1. The summed E-state index contributed by atoms with van der Waals surface area (Å²) in [5, 5.41) is 4.63. The predicted molar refractivity (Wildman–Crippen MR) is 86.3 cm³/mol. The predicted octanol–water partition coefficient (Wildman–Crippen LogP) is 3.62. The van der Waals surface area contributed by atoms with Crippen LogP contribution < -0.4 is 10.1 Å². The largest absolute Gasteiger partial charge is 0.497 e. The minimum absolute atomic E-state index is 0.103. The SMILES string of the molecule is COc1ccc(CNC(=O)/C=C/Sc2ccccc2)cc1. The number of ether oxygens (including phenoxy) is 1. The molecular weight excluding hydrogens is 282 g/mol. The van der Waals surface area contributed by atoms with Crippen molar-refractivity contribution in [2.75, 3.05) is 7.11 Å². The summed E-state index contributed by atoms with van der Waals surface area (Å²) in [6.45, 7) is 0.503. The van der Waals surface area contributed by atoms with E-state index in [4.69, 9.17) is 4.74 Å². The van der Waals surface area contributed by atoms with Gasteiger partial charge in [0.2, 0.25) is 5.91 Å². The number of methoxy groups -OCH3 is 1. The molecule has 2 aromatic carbocycles. The standard InChI is InChI=1S/C17H17NO2S/c1-20-15-9-7-14(8-10-15)13-18-17(19)11-12-21-16-5-3-2-4-6-16/h2-12H,13H2,1H3,(H,18,19)/b12-11+. The Kier molecular flexibility index (Phi) is 5.91. The molecule has 0 aromatic heterocycles. The van der Waals surface area contributed by atoms with E-state index in [0.29, 0.717) is 6.54 Å². The van der Waals surface area contributed by atoms with Gasteiger partial charge in [-0.1, -0.05) is 42.1 Å². The molecule has 0 atom stereocenters. The zero-order valence-electron chi connectivity index (χ0n) is 11.8. The normalized spacial score (nSPS) is 10.5. The van der Waals surface area contributed by atoms with Crippen molar-refractivity contribution < 1.29 is 9.53 Å². The molecule has 0 aliphatic carbocycles. The third-order valence-corrected chi connectivity index (χ3v) is 3.61. The number of benzene rings is 2. The number of carbonyl (C=O) groups excluding carboxylic acids is 1. The maximum absolute atomic E-state index is 11.7. The summed E-state index contributed by atoms with van der Waals surface area (Å²) in [6.07, 6.45) is 1.54. The molecule has 108 valence electrons. The Bertz CT molecular complexity index is 594. The summed E-state index contributed by atoms with van der Waals surface area (Å²) in [6, 6.07) is 17.5. The van der Waals surface area contributed by atoms with E-state index in [-0.39, 0.29) is 5.91 Å². The van der Waals surface area contributed by atoms with Crippen molar-refractivity contribution >= 4 is 17.7 Å². The first-order valence-corrected chi connectivity index (χ1v) is 7.45. The van der Waals surface area contributed by atoms with Crippen molar-refractivity contribution in [1.82, 2.24) is 5.32 Å². The molecule has 0 aliphatic heterocycles. The fourth-order valence-corrected chi connectivity index (χ4v) is 2.33. The molecule has 0 aliphatic rings. The van der Waals surface area contributed by atoms with Crippen LogP contribution in [0.2, 0.25) is 0 Å². The van der Waals surface area contributed by atoms with E-state index >= 15 is 0 Å². The van der Waals surface area contributed by atoms with Gasteiger partial charge in [-0.3, -0.25) is 4.79 Å². The lowest BCUT2D eigenvalue weighted by Crippen LogP contribution is -2.20. The van der Waals surface area contributed by atoms with Crippen molar-refractivity contribution in [3.63, 3.8) is 0 Å². The Labute approximate surface area is 129 Å². The molecule has 21 heavy (non-hydrogen) atoms. The fourth-order valence-electron chi connectivity index (χ4n) is 1.66. The van der Waals surface area contributed by atoms with Gasteiger partial charge in [-0.25, -0.2) is 0 Å². The highest BCUT2D eigenvalue weighted by molar-refractivity contribution is 8.02. The van der Waals surface area contributed by atoms with Crippen LogP contribution >= 0.6 is 11.8 Å². The first kappa shape index (κ1) is 15.2. The number of nitrogens with one attached hydrogen (secondary N) is 1. The van der Waals surface area contributed by atoms with Gasteiger partial charge < -0.3 is 10.1 Å². The monoisotopic (exact) mass is 299 g/mol. The first-order valence-electron chi connectivity index (χ1n) is 6.57. The minimum atomic E-state index is -0.103. The molecule has 0 fully saturated rings. The fraction of sp³-hybridized carbons (Fsp3) is 0.118. The smallest absolute Gasteiger partial charge is 0.244 e. The number of rotatable bonds is 6. The lowest BCUT2D eigenvalue weighted by Gasteiger charge is -2.04. The van der Waals surface area contributed by atoms with Gasteiger partial charge >= 0.3 is 0 Å². The zero-order valence-corrected chi connectivity index (χ0v) is 12.6. The van der Waals surface area contributed by atoms with Crippen molar-refractivity contribution in [2.45, 2.75) is 11.4 Å². The van der Waals surface area contributed by atoms with E-state index in [1.165, 1.54) is 11.8 Å². The van der Waals surface area contributed by atoms with E-state index < -0.39 is 0 Å². The van der Waals surface area contributed by atoms with Gasteiger partial charge in [0.1, 0.15) is 5.75 Å². The van der Waals surface area contributed by atoms with Crippen LogP contribution in [0.5, 0.6) is 5.75 Å². The molecule has 0 radical (unpaired) electrons. The van der Waals surface area contributed by atoms with Crippen molar-refractivity contribution in [2.24, 2.45) is 0 Å². The van der Waals surface area contributed by atoms with Gasteiger partial charge in [0.05, 0.1) is 7.11 Å². The summed E-state index contributed by atoms with van der Waals surface area (Å²) in [5.41, 5.74) is 1.04. The van der Waals surface area contributed by atoms with Gasteiger partial charge in [-0.15, -0.1) is 0 Å². The van der Waals surface area contributed by atoms with Gasteiger partial charge in [0.25, 0.3) is 0 Å². The van der Waals surface area contributed by atoms with E-state index in [1.807, 2.05) is 54.6 Å². The van der Waals surface area contributed by atoms with Crippen LogP contribution in [0.15, 0.2) is 71.0 Å². The minimum Gasteiger partial charge on any atom is -0.497 e. The van der Waals surface area contributed by atoms with E-state index in [0.717, 1.165) is 16.2 Å². The van der Waals surface area contributed by atoms with Crippen molar-refractivity contribution in [1.29, 1.82) is 0 Å². The highest BCUT2D eigenvalue weighted by Gasteiger charge is 1.97. The molecule has 2 rings (SSSR count). The molecule has 0 heterocycles. The van der Waals surface area contributed by atoms with Crippen LogP contribution in [0.1, 0.15) is 5.56 Å². The maximum Gasteiger partial charge on any atom is 0.244 e. The average molecular weight is 299 g/mol. The highest BCUT2D eigenvalue weighted by atomic mass is 32.2. The van der Waals surface area contributed by atoms with E-state index in [2.05, 4.69) is 5.32 Å². The molecule has 0 spiro atoms. The molecule has 1 N–H and O–H groups in total. The molecule has 4 heteroatoms. The molecule has 1 amide bonds. The quantitative estimate of drug-likeness (QED) is 0.654. The van der Waals surface area contributed by atoms with Crippen LogP contribution in [0.25, 0.3) is 0 Å². The number of hydrogen-bond acceptors (Lipinski definition) is 3. The summed E-state index contributed by atoms with van der Waals surface area (Å²) < 4.78 is 5.09. The van der Waals surface area contributed by atoms with Crippen LogP contribution in [0.3, 0.4) is 0 Å². The zero-order chi connectivity index (χ0) is 14.9. The lowest BCUT2D eigenvalue weighted by atomic mass is 10.2.